The van der Waals surface area contributed by atoms with Crippen LogP contribution in [0.1, 0.15) is 11.4 Å². The van der Waals surface area contributed by atoms with E-state index in [1.54, 1.807) is 12.1 Å². The summed E-state index contributed by atoms with van der Waals surface area (Å²) in [5, 5.41) is 12.8. The van der Waals surface area contributed by atoms with Crippen molar-refractivity contribution in [3.63, 3.8) is 0 Å². The Bertz CT molecular complexity index is 1180. The fraction of sp³-hybridized carbons (Fsp3) is 0.0870. The molecule has 1 aromatic heterocycles. The molecule has 0 aliphatic carbocycles. The van der Waals surface area contributed by atoms with Gasteiger partial charge in [-0.1, -0.05) is 87.8 Å². The van der Waals surface area contributed by atoms with Crippen LogP contribution in [0.3, 0.4) is 0 Å². The first kappa shape index (κ1) is 21.6. The number of rotatable bonds is 7. The Kier molecular flexibility index (Phi) is 7.06. The van der Waals surface area contributed by atoms with Crippen LogP contribution in [0.2, 0.25) is 5.02 Å². The van der Waals surface area contributed by atoms with Crippen molar-refractivity contribution in [3.05, 3.63) is 99.7 Å². The maximum absolute atomic E-state index is 12.5. The zero-order chi connectivity index (χ0) is 21.6. The standard InChI is InChI=1S/C23H18BrClN4OS/c24-17-11-12-20(19(25)14-17)26-22(30)15-31-23-28-27-21(13-16-7-3-1-4-8-16)29(23)18-9-5-2-6-10-18/h1-12,14H,13,15H2,(H,26,30). The second kappa shape index (κ2) is 10.1. The number of thioether (sulfide) groups is 1. The van der Waals surface area contributed by atoms with Crippen molar-refractivity contribution < 1.29 is 4.79 Å². The summed E-state index contributed by atoms with van der Waals surface area (Å²) >= 11 is 10.9. The van der Waals surface area contributed by atoms with Crippen LogP contribution >= 0.6 is 39.3 Å². The molecule has 31 heavy (non-hydrogen) atoms. The topological polar surface area (TPSA) is 59.8 Å². The van der Waals surface area contributed by atoms with Gasteiger partial charge < -0.3 is 5.32 Å². The van der Waals surface area contributed by atoms with Crippen LogP contribution in [-0.2, 0) is 11.2 Å². The molecule has 156 valence electrons. The zero-order valence-corrected chi connectivity index (χ0v) is 19.5. The van der Waals surface area contributed by atoms with E-state index in [0.29, 0.717) is 22.3 Å². The van der Waals surface area contributed by atoms with Gasteiger partial charge in [-0.05, 0) is 35.9 Å². The predicted octanol–water partition coefficient (Wildman–Crippen LogP) is 6.00. The van der Waals surface area contributed by atoms with Gasteiger partial charge in [-0.2, -0.15) is 0 Å². The molecule has 0 saturated heterocycles. The molecule has 0 atom stereocenters. The monoisotopic (exact) mass is 512 g/mol. The van der Waals surface area contributed by atoms with Gasteiger partial charge in [0.1, 0.15) is 5.82 Å². The summed E-state index contributed by atoms with van der Waals surface area (Å²) in [5.74, 6) is 0.834. The number of nitrogens with zero attached hydrogens (tertiary/aromatic N) is 3. The highest BCUT2D eigenvalue weighted by molar-refractivity contribution is 9.10. The van der Waals surface area contributed by atoms with E-state index in [0.717, 1.165) is 21.5 Å². The van der Waals surface area contributed by atoms with E-state index in [2.05, 4.69) is 43.6 Å². The smallest absolute Gasteiger partial charge is 0.234 e. The minimum Gasteiger partial charge on any atom is -0.324 e. The first-order valence-corrected chi connectivity index (χ1v) is 11.7. The number of hydrogen-bond donors (Lipinski definition) is 1. The molecular weight excluding hydrogens is 496 g/mol. The number of aromatic nitrogens is 3. The van der Waals surface area contributed by atoms with Gasteiger partial charge in [-0.3, -0.25) is 9.36 Å². The molecule has 0 bridgehead atoms. The lowest BCUT2D eigenvalue weighted by Gasteiger charge is -2.11. The van der Waals surface area contributed by atoms with Gasteiger partial charge in [0.2, 0.25) is 5.91 Å². The maximum Gasteiger partial charge on any atom is 0.234 e. The Morgan fingerprint density at radius 3 is 2.42 bits per heavy atom. The summed E-state index contributed by atoms with van der Waals surface area (Å²) < 4.78 is 2.85. The van der Waals surface area contributed by atoms with Crippen LogP contribution in [0.25, 0.3) is 5.69 Å². The van der Waals surface area contributed by atoms with E-state index in [4.69, 9.17) is 11.6 Å². The van der Waals surface area contributed by atoms with Crippen LogP contribution in [0.4, 0.5) is 5.69 Å². The number of carbonyl (C=O) groups is 1. The van der Waals surface area contributed by atoms with Crippen LogP contribution in [-0.4, -0.2) is 26.4 Å². The fourth-order valence-electron chi connectivity index (χ4n) is 3.03. The predicted molar refractivity (Wildman–Crippen MR) is 129 cm³/mol. The number of halogens is 2. The summed E-state index contributed by atoms with van der Waals surface area (Å²) in [7, 11) is 0. The van der Waals surface area contributed by atoms with Gasteiger partial charge in [-0.25, -0.2) is 0 Å². The first-order chi connectivity index (χ1) is 15.1. The molecule has 0 aliphatic heterocycles. The zero-order valence-electron chi connectivity index (χ0n) is 16.3. The molecule has 1 amide bonds. The second-order valence-corrected chi connectivity index (χ2v) is 8.96. The van der Waals surface area contributed by atoms with Crippen LogP contribution in [0.5, 0.6) is 0 Å². The lowest BCUT2D eigenvalue weighted by atomic mass is 10.1. The van der Waals surface area contributed by atoms with Gasteiger partial charge in [0, 0.05) is 16.6 Å². The van der Waals surface area contributed by atoms with Crippen molar-refractivity contribution in [2.75, 3.05) is 11.1 Å². The number of benzene rings is 3. The van der Waals surface area contributed by atoms with Gasteiger partial charge >= 0.3 is 0 Å². The van der Waals surface area contributed by atoms with E-state index >= 15 is 0 Å². The number of nitrogens with one attached hydrogen (secondary N) is 1. The lowest BCUT2D eigenvalue weighted by molar-refractivity contribution is -0.113. The van der Waals surface area contributed by atoms with Crippen molar-refractivity contribution in [3.8, 4) is 5.69 Å². The summed E-state index contributed by atoms with van der Waals surface area (Å²) in [6.45, 7) is 0. The number of amides is 1. The second-order valence-electron chi connectivity index (χ2n) is 6.69. The number of anilines is 1. The van der Waals surface area contributed by atoms with E-state index in [1.165, 1.54) is 11.8 Å². The third kappa shape index (κ3) is 5.55. The number of para-hydroxylation sites is 1. The van der Waals surface area contributed by atoms with Gasteiger partial charge in [-0.15, -0.1) is 10.2 Å². The molecule has 0 fully saturated rings. The molecule has 3 aromatic carbocycles. The lowest BCUT2D eigenvalue weighted by Crippen LogP contribution is -2.15. The van der Waals surface area contributed by atoms with Crippen molar-refractivity contribution in [2.45, 2.75) is 11.6 Å². The molecule has 0 aliphatic rings. The van der Waals surface area contributed by atoms with E-state index < -0.39 is 0 Å². The Balaban J connectivity index is 1.53. The molecule has 4 rings (SSSR count). The third-order valence-electron chi connectivity index (χ3n) is 4.46. The van der Waals surface area contributed by atoms with Crippen LogP contribution in [0.15, 0.2) is 88.5 Å². The van der Waals surface area contributed by atoms with Gasteiger partial charge in [0.25, 0.3) is 0 Å². The number of hydrogen-bond acceptors (Lipinski definition) is 4. The average molecular weight is 514 g/mol. The fourth-order valence-corrected chi connectivity index (χ4v) is 4.52. The maximum atomic E-state index is 12.5. The normalized spacial score (nSPS) is 10.8. The van der Waals surface area contributed by atoms with Gasteiger partial charge in [0.15, 0.2) is 5.16 Å². The highest BCUT2D eigenvalue weighted by Gasteiger charge is 2.16. The minimum absolute atomic E-state index is 0.165. The molecule has 1 heterocycles. The van der Waals surface area contributed by atoms with Crippen LogP contribution in [0, 0.1) is 0 Å². The van der Waals surface area contributed by atoms with E-state index in [1.807, 2.05) is 59.2 Å². The molecule has 4 aromatic rings. The summed E-state index contributed by atoms with van der Waals surface area (Å²) in [4.78, 5) is 12.5. The summed E-state index contributed by atoms with van der Waals surface area (Å²) in [6.07, 6.45) is 0.643. The summed E-state index contributed by atoms with van der Waals surface area (Å²) in [5.41, 5.74) is 2.67. The molecule has 0 spiro atoms. The largest absolute Gasteiger partial charge is 0.324 e. The molecule has 0 saturated carbocycles. The Labute approximate surface area is 198 Å². The molecular formula is C23H18BrClN4OS. The summed E-state index contributed by atoms with van der Waals surface area (Å²) in [6, 6.07) is 25.4. The SMILES string of the molecule is O=C(CSc1nnc(Cc2ccccc2)n1-c1ccccc1)Nc1ccc(Br)cc1Cl. The molecule has 0 unspecified atom stereocenters. The number of carbonyl (C=O) groups excluding carboxylic acids is 1. The van der Waals surface area contributed by atoms with Crippen molar-refractivity contribution in [1.29, 1.82) is 0 Å². The molecule has 5 nitrogen and oxygen atoms in total. The van der Waals surface area contributed by atoms with E-state index in [9.17, 15) is 4.79 Å². The quantitative estimate of drug-likeness (QED) is 0.308. The van der Waals surface area contributed by atoms with Crippen molar-refractivity contribution >= 4 is 50.9 Å². The van der Waals surface area contributed by atoms with Crippen molar-refractivity contribution in [2.24, 2.45) is 0 Å². The van der Waals surface area contributed by atoms with Crippen LogP contribution < -0.4 is 5.32 Å². The Morgan fingerprint density at radius 1 is 1.00 bits per heavy atom. The first-order valence-electron chi connectivity index (χ1n) is 9.51. The average Bonchev–Trinajstić information content (AvgIpc) is 3.18. The highest BCUT2D eigenvalue weighted by Crippen LogP contribution is 2.27. The minimum atomic E-state index is -0.165. The Hall–Kier alpha value is -2.61. The Morgan fingerprint density at radius 2 is 1.71 bits per heavy atom. The van der Waals surface area contributed by atoms with Gasteiger partial charge in [0.05, 0.1) is 16.5 Å². The van der Waals surface area contributed by atoms with E-state index in [-0.39, 0.29) is 11.7 Å². The molecule has 0 radical (unpaired) electrons. The molecule has 1 N–H and O–H groups in total. The third-order valence-corrected chi connectivity index (χ3v) is 6.19. The molecule has 8 heteroatoms. The highest BCUT2D eigenvalue weighted by atomic mass is 79.9. The van der Waals surface area contributed by atoms with Crippen molar-refractivity contribution in [1.82, 2.24) is 14.8 Å².